The van der Waals surface area contributed by atoms with Crippen LogP contribution in [-0.2, 0) is 11.2 Å². The van der Waals surface area contributed by atoms with Crippen LogP contribution in [0.1, 0.15) is 18.2 Å². The van der Waals surface area contributed by atoms with Crippen LogP contribution in [0.5, 0.6) is 0 Å². The molecule has 1 N–H and O–H groups in total. The summed E-state index contributed by atoms with van der Waals surface area (Å²) < 4.78 is 6.29. The van der Waals surface area contributed by atoms with Gasteiger partial charge in [0.2, 0.25) is 0 Å². The molecule has 1 rings (SSSR count). The first-order valence-corrected chi connectivity index (χ1v) is 6.35. The van der Waals surface area contributed by atoms with Crippen LogP contribution in [0.4, 0.5) is 0 Å². The fourth-order valence-electron chi connectivity index (χ4n) is 1.71. The van der Waals surface area contributed by atoms with E-state index in [4.69, 9.17) is 16.3 Å². The minimum Gasteiger partial charge on any atom is -0.380 e. The number of ether oxygens (including phenoxy) is 1. The first-order chi connectivity index (χ1) is 7.21. The molecule has 0 bridgehead atoms. The van der Waals surface area contributed by atoms with Crippen molar-refractivity contribution in [2.75, 3.05) is 14.2 Å². The van der Waals surface area contributed by atoms with Gasteiger partial charge in [-0.25, -0.2) is 0 Å². The summed E-state index contributed by atoms with van der Waals surface area (Å²) >= 11 is 7.54. The van der Waals surface area contributed by atoms with Crippen molar-refractivity contribution >= 4 is 22.9 Å². The molecule has 86 valence electrons. The molecular formula is C11H18ClNOS. The first kappa shape index (κ1) is 13.0. The maximum Gasteiger partial charge on any atom is 0.0931 e. The number of hydrogen-bond acceptors (Lipinski definition) is 3. The molecular weight excluding hydrogens is 230 g/mol. The van der Waals surface area contributed by atoms with E-state index in [0.717, 1.165) is 17.2 Å². The molecule has 1 aromatic heterocycles. The third-order valence-electron chi connectivity index (χ3n) is 2.57. The van der Waals surface area contributed by atoms with Crippen molar-refractivity contribution in [3.63, 3.8) is 0 Å². The van der Waals surface area contributed by atoms with E-state index in [-0.39, 0.29) is 6.10 Å². The van der Waals surface area contributed by atoms with E-state index in [1.165, 1.54) is 4.88 Å². The van der Waals surface area contributed by atoms with E-state index < -0.39 is 0 Å². The van der Waals surface area contributed by atoms with Crippen molar-refractivity contribution in [3.8, 4) is 0 Å². The van der Waals surface area contributed by atoms with Gasteiger partial charge in [-0.3, -0.25) is 0 Å². The number of thiophene rings is 1. The lowest BCUT2D eigenvalue weighted by molar-refractivity contribution is 0.0680. The van der Waals surface area contributed by atoms with Crippen molar-refractivity contribution in [1.82, 2.24) is 5.32 Å². The van der Waals surface area contributed by atoms with Gasteiger partial charge in [-0.15, -0.1) is 11.3 Å². The van der Waals surface area contributed by atoms with Gasteiger partial charge in [0.25, 0.3) is 0 Å². The molecule has 1 aromatic rings. The van der Waals surface area contributed by atoms with E-state index in [1.54, 1.807) is 18.4 Å². The molecule has 0 amide bonds. The molecule has 0 radical (unpaired) electrons. The van der Waals surface area contributed by atoms with E-state index in [2.05, 4.69) is 18.3 Å². The predicted octanol–water partition coefficient (Wildman–Crippen LogP) is 2.96. The molecule has 0 saturated heterocycles. The average Bonchev–Trinajstić information content (AvgIpc) is 2.64. The molecule has 0 aliphatic rings. The van der Waals surface area contributed by atoms with Gasteiger partial charge in [0, 0.05) is 18.0 Å². The summed E-state index contributed by atoms with van der Waals surface area (Å²) in [5, 5.41) is 3.30. The Kier molecular flexibility index (Phi) is 5.61. The predicted molar refractivity (Wildman–Crippen MR) is 67.0 cm³/mol. The molecule has 2 nitrogen and oxygen atoms in total. The molecule has 0 aromatic carbocycles. The number of rotatable bonds is 6. The highest BCUT2D eigenvalue weighted by Crippen LogP contribution is 2.23. The molecule has 0 spiro atoms. The van der Waals surface area contributed by atoms with Crippen molar-refractivity contribution in [1.29, 1.82) is 0 Å². The summed E-state index contributed by atoms with van der Waals surface area (Å²) in [6, 6.07) is 4.39. The molecule has 0 aliphatic heterocycles. The maximum absolute atomic E-state index is 5.90. The lowest BCUT2D eigenvalue weighted by atomic mass is 10.0. The van der Waals surface area contributed by atoms with E-state index in [0.29, 0.717) is 6.04 Å². The standard InChI is InChI=1S/C11H18ClNOS/c1-4-10(14-3)9(13-2)7-8-5-6-11(12)15-8/h5-6,9-10,13H,4,7H2,1-3H3. The minimum absolute atomic E-state index is 0.260. The normalized spacial score (nSPS) is 15.2. The van der Waals surface area contributed by atoms with Crippen LogP contribution in [-0.4, -0.2) is 26.3 Å². The van der Waals surface area contributed by atoms with Gasteiger partial charge in [0.15, 0.2) is 0 Å². The van der Waals surface area contributed by atoms with Crippen LogP contribution >= 0.6 is 22.9 Å². The maximum atomic E-state index is 5.90. The number of likely N-dealkylation sites (N-methyl/N-ethyl adjacent to an activating group) is 1. The third-order valence-corrected chi connectivity index (χ3v) is 3.83. The number of methoxy groups -OCH3 is 1. The van der Waals surface area contributed by atoms with Crippen LogP contribution < -0.4 is 5.32 Å². The van der Waals surface area contributed by atoms with Crippen molar-refractivity contribution in [2.24, 2.45) is 0 Å². The van der Waals surface area contributed by atoms with Gasteiger partial charge in [0.1, 0.15) is 0 Å². The Bertz CT molecular complexity index is 286. The number of hydrogen-bond donors (Lipinski definition) is 1. The van der Waals surface area contributed by atoms with Gasteiger partial charge in [0.05, 0.1) is 10.4 Å². The summed E-state index contributed by atoms with van der Waals surface area (Å²) in [6.07, 6.45) is 2.25. The lowest BCUT2D eigenvalue weighted by Gasteiger charge is -2.24. The summed E-state index contributed by atoms with van der Waals surface area (Å²) in [7, 11) is 3.74. The summed E-state index contributed by atoms with van der Waals surface area (Å²) in [5.74, 6) is 0. The average molecular weight is 248 g/mol. The molecule has 15 heavy (non-hydrogen) atoms. The largest absolute Gasteiger partial charge is 0.380 e. The van der Waals surface area contributed by atoms with Gasteiger partial charge in [-0.2, -0.15) is 0 Å². The van der Waals surface area contributed by atoms with Crippen molar-refractivity contribution < 1.29 is 4.74 Å². The Morgan fingerprint density at radius 3 is 2.67 bits per heavy atom. The van der Waals surface area contributed by atoms with Gasteiger partial charge >= 0.3 is 0 Å². The smallest absolute Gasteiger partial charge is 0.0931 e. The van der Waals surface area contributed by atoms with Gasteiger partial charge < -0.3 is 10.1 Å². The van der Waals surface area contributed by atoms with E-state index in [1.807, 2.05) is 13.1 Å². The van der Waals surface area contributed by atoms with Crippen LogP contribution in [0.25, 0.3) is 0 Å². The van der Waals surface area contributed by atoms with E-state index in [9.17, 15) is 0 Å². The summed E-state index contributed by atoms with van der Waals surface area (Å²) in [6.45, 7) is 2.14. The van der Waals surface area contributed by atoms with Crippen molar-refractivity contribution in [2.45, 2.75) is 31.9 Å². The first-order valence-electron chi connectivity index (χ1n) is 5.15. The molecule has 4 heteroatoms. The molecule has 2 atom stereocenters. The zero-order valence-corrected chi connectivity index (χ0v) is 11.0. The Hall–Kier alpha value is -0.0900. The molecule has 1 heterocycles. The Morgan fingerprint density at radius 2 is 2.27 bits per heavy atom. The second kappa shape index (κ2) is 6.48. The van der Waals surface area contributed by atoms with Crippen molar-refractivity contribution in [3.05, 3.63) is 21.3 Å². The second-order valence-corrected chi connectivity index (χ2v) is 5.29. The summed E-state index contributed by atoms with van der Waals surface area (Å²) in [4.78, 5) is 1.30. The fraction of sp³-hybridized carbons (Fsp3) is 0.636. The number of halogens is 1. The van der Waals surface area contributed by atoms with Crippen LogP contribution in [0.3, 0.4) is 0 Å². The zero-order valence-electron chi connectivity index (χ0n) is 9.42. The highest BCUT2D eigenvalue weighted by atomic mass is 35.5. The third kappa shape index (κ3) is 3.76. The van der Waals surface area contributed by atoms with Gasteiger partial charge in [-0.1, -0.05) is 18.5 Å². The lowest BCUT2D eigenvalue weighted by Crippen LogP contribution is -2.40. The van der Waals surface area contributed by atoms with Gasteiger partial charge in [-0.05, 0) is 32.0 Å². The molecule has 2 unspecified atom stereocenters. The molecule has 0 fully saturated rings. The Balaban J connectivity index is 2.60. The van der Waals surface area contributed by atoms with Crippen LogP contribution in [0.2, 0.25) is 4.34 Å². The SMILES string of the molecule is CCC(OC)C(Cc1ccc(Cl)s1)NC. The highest BCUT2D eigenvalue weighted by molar-refractivity contribution is 7.16. The molecule has 0 saturated carbocycles. The fourth-order valence-corrected chi connectivity index (χ4v) is 2.86. The summed E-state index contributed by atoms with van der Waals surface area (Å²) in [5.41, 5.74) is 0. The van der Waals surface area contributed by atoms with Crippen LogP contribution in [0.15, 0.2) is 12.1 Å². The number of nitrogens with one attached hydrogen (secondary N) is 1. The zero-order chi connectivity index (χ0) is 11.3. The molecule has 0 aliphatic carbocycles. The Morgan fingerprint density at radius 1 is 1.53 bits per heavy atom. The van der Waals surface area contributed by atoms with Crippen LogP contribution in [0, 0.1) is 0 Å². The monoisotopic (exact) mass is 247 g/mol. The topological polar surface area (TPSA) is 21.3 Å². The Labute approximate surface area is 101 Å². The quantitative estimate of drug-likeness (QED) is 0.835. The van der Waals surface area contributed by atoms with E-state index >= 15 is 0 Å². The second-order valence-electron chi connectivity index (χ2n) is 3.49. The highest BCUT2D eigenvalue weighted by Gasteiger charge is 2.18. The minimum atomic E-state index is 0.260.